The molecule has 1 aromatic carbocycles. The van der Waals surface area contributed by atoms with Crippen molar-refractivity contribution in [2.75, 3.05) is 11.9 Å². The summed E-state index contributed by atoms with van der Waals surface area (Å²) in [7, 11) is 0. The van der Waals surface area contributed by atoms with Gasteiger partial charge >= 0.3 is 0 Å². The first-order valence-corrected chi connectivity index (χ1v) is 6.69. The van der Waals surface area contributed by atoms with Crippen LogP contribution in [0.4, 0.5) is 5.95 Å². The number of para-hydroxylation sites is 1. The lowest BCUT2D eigenvalue weighted by atomic mass is 10.2. The Labute approximate surface area is 116 Å². The van der Waals surface area contributed by atoms with Crippen molar-refractivity contribution in [3.63, 3.8) is 0 Å². The van der Waals surface area contributed by atoms with Crippen LogP contribution in [0.5, 0.6) is 0 Å². The van der Waals surface area contributed by atoms with Crippen LogP contribution in [-0.2, 0) is 0 Å². The highest BCUT2D eigenvalue weighted by Gasteiger charge is 2.14. The van der Waals surface area contributed by atoms with Gasteiger partial charge in [0.05, 0.1) is 10.6 Å². The molecule has 0 fully saturated rings. The number of aromatic nitrogens is 4. The van der Waals surface area contributed by atoms with Gasteiger partial charge in [-0.25, -0.2) is 9.97 Å². The third-order valence-electron chi connectivity index (χ3n) is 3.15. The summed E-state index contributed by atoms with van der Waals surface area (Å²) in [6.45, 7) is 2.86. The second kappa shape index (κ2) is 5.24. The second-order valence-corrected chi connectivity index (χ2v) is 4.60. The van der Waals surface area contributed by atoms with Crippen LogP contribution in [0.25, 0.3) is 21.9 Å². The largest absolute Gasteiger partial charge is 0.594 e. The number of pyridine rings is 1. The van der Waals surface area contributed by atoms with Gasteiger partial charge < -0.3 is 10.5 Å². The number of unbranched alkanes of at least 4 members (excludes halogenated alkanes) is 1. The van der Waals surface area contributed by atoms with Gasteiger partial charge in [0.25, 0.3) is 11.5 Å². The maximum Gasteiger partial charge on any atom is 0.290 e. The van der Waals surface area contributed by atoms with E-state index < -0.39 is 0 Å². The van der Waals surface area contributed by atoms with E-state index in [1.807, 2.05) is 24.3 Å². The first-order valence-electron chi connectivity index (χ1n) is 6.69. The van der Waals surface area contributed by atoms with E-state index in [4.69, 9.17) is 0 Å². The lowest BCUT2D eigenvalue weighted by molar-refractivity contribution is -0.641. The summed E-state index contributed by atoms with van der Waals surface area (Å²) in [5, 5.41) is 19.8. The molecule has 1 N–H and O–H groups in total. The Balaban J connectivity index is 2.14. The van der Waals surface area contributed by atoms with E-state index in [9.17, 15) is 5.21 Å². The normalized spacial score (nSPS) is 11.1. The molecule has 0 amide bonds. The predicted octanol–water partition coefficient (Wildman–Crippen LogP) is 2.02. The molecule has 0 spiro atoms. The fourth-order valence-electron chi connectivity index (χ4n) is 2.09. The van der Waals surface area contributed by atoms with Crippen LogP contribution in [-0.4, -0.2) is 21.6 Å². The summed E-state index contributed by atoms with van der Waals surface area (Å²) in [6.07, 6.45) is 3.60. The van der Waals surface area contributed by atoms with Crippen molar-refractivity contribution in [3.05, 3.63) is 35.7 Å². The van der Waals surface area contributed by atoms with Crippen LogP contribution in [0.15, 0.2) is 30.5 Å². The molecule has 0 aliphatic heterocycles. The molecule has 0 saturated heterocycles. The molecule has 0 unspecified atom stereocenters. The minimum atomic E-state index is 0.359. The van der Waals surface area contributed by atoms with Crippen LogP contribution in [0, 0.1) is 5.21 Å². The number of anilines is 1. The highest BCUT2D eigenvalue weighted by molar-refractivity contribution is 6.00. The third-order valence-corrected chi connectivity index (χ3v) is 3.15. The molecule has 6 nitrogen and oxygen atoms in total. The average molecular weight is 269 g/mol. The molecule has 2 aromatic heterocycles. The van der Waals surface area contributed by atoms with Crippen LogP contribution in [0.1, 0.15) is 19.8 Å². The lowest BCUT2D eigenvalue weighted by Crippen LogP contribution is -2.34. The van der Waals surface area contributed by atoms with Crippen LogP contribution in [0.2, 0.25) is 0 Å². The van der Waals surface area contributed by atoms with Gasteiger partial charge in [-0.05, 0) is 17.3 Å². The fraction of sp³-hybridized carbons (Fsp3) is 0.286. The van der Waals surface area contributed by atoms with Crippen molar-refractivity contribution in [1.29, 1.82) is 0 Å². The molecule has 0 bridgehead atoms. The highest BCUT2D eigenvalue weighted by atomic mass is 16.5. The van der Waals surface area contributed by atoms with Gasteiger partial charge in [-0.2, -0.15) is 0 Å². The first kappa shape index (κ1) is 12.5. The Morgan fingerprint density at radius 1 is 1.30 bits per heavy atom. The fourth-order valence-corrected chi connectivity index (χ4v) is 2.09. The molecule has 0 radical (unpaired) electrons. The maximum absolute atomic E-state index is 12.0. The molecule has 2 heterocycles. The van der Waals surface area contributed by atoms with Crippen molar-refractivity contribution < 1.29 is 4.85 Å². The summed E-state index contributed by atoms with van der Waals surface area (Å²) in [5.74, 6) is 0.359. The van der Waals surface area contributed by atoms with E-state index in [-0.39, 0.29) is 0 Å². The van der Waals surface area contributed by atoms with Gasteiger partial charge in [0.1, 0.15) is 6.20 Å². The highest BCUT2D eigenvalue weighted by Crippen LogP contribution is 2.19. The van der Waals surface area contributed by atoms with E-state index in [0.717, 1.165) is 30.3 Å². The zero-order valence-electron chi connectivity index (χ0n) is 11.2. The second-order valence-electron chi connectivity index (χ2n) is 4.60. The molecule has 0 atom stereocenters. The number of nitrogens with zero attached hydrogens (tertiary/aromatic N) is 4. The number of benzene rings is 1. The molecule has 0 saturated carbocycles. The first-order chi connectivity index (χ1) is 9.79. The van der Waals surface area contributed by atoms with Crippen molar-refractivity contribution >= 4 is 27.9 Å². The lowest BCUT2D eigenvalue weighted by Gasteiger charge is -2.06. The van der Waals surface area contributed by atoms with E-state index in [1.165, 1.54) is 6.20 Å². The number of hydrogen-bond donors (Lipinski definition) is 1. The van der Waals surface area contributed by atoms with Crippen molar-refractivity contribution in [3.8, 4) is 0 Å². The molecule has 0 aliphatic rings. The SMILES string of the molecule is CCCCNc1nc2c3ccccc3ncc2[n+]([O-])n1. The Kier molecular flexibility index (Phi) is 3.28. The summed E-state index contributed by atoms with van der Waals surface area (Å²) in [5.41, 5.74) is 1.82. The molecule has 0 aliphatic carbocycles. The van der Waals surface area contributed by atoms with Gasteiger partial charge in [-0.3, -0.25) is 0 Å². The van der Waals surface area contributed by atoms with Gasteiger partial charge in [0.2, 0.25) is 0 Å². The van der Waals surface area contributed by atoms with Crippen LogP contribution in [0.3, 0.4) is 0 Å². The van der Waals surface area contributed by atoms with Crippen LogP contribution < -0.4 is 10.2 Å². The van der Waals surface area contributed by atoms with Gasteiger partial charge in [-0.1, -0.05) is 31.5 Å². The zero-order valence-corrected chi connectivity index (χ0v) is 11.2. The van der Waals surface area contributed by atoms with E-state index >= 15 is 0 Å². The monoisotopic (exact) mass is 269 g/mol. The molecule has 102 valence electrons. The van der Waals surface area contributed by atoms with E-state index in [1.54, 1.807) is 0 Å². The minimum Gasteiger partial charge on any atom is -0.594 e. The Bertz CT molecular complexity index is 759. The van der Waals surface area contributed by atoms with Crippen molar-refractivity contribution in [2.45, 2.75) is 19.8 Å². The van der Waals surface area contributed by atoms with Crippen LogP contribution >= 0.6 is 0 Å². The molecule has 3 aromatic rings. The zero-order chi connectivity index (χ0) is 13.9. The third kappa shape index (κ3) is 2.20. The molecule has 20 heavy (non-hydrogen) atoms. The van der Waals surface area contributed by atoms with Crippen molar-refractivity contribution in [2.24, 2.45) is 0 Å². The number of fused-ring (bicyclic) bond motifs is 3. The maximum atomic E-state index is 12.0. The van der Waals surface area contributed by atoms with E-state index in [2.05, 4.69) is 27.3 Å². The van der Waals surface area contributed by atoms with Gasteiger partial charge in [-0.15, -0.1) is 0 Å². The summed E-state index contributed by atoms with van der Waals surface area (Å²) >= 11 is 0. The smallest absolute Gasteiger partial charge is 0.290 e. The summed E-state index contributed by atoms with van der Waals surface area (Å²) in [4.78, 5) is 9.29. The Hall–Kier alpha value is -2.50. The quantitative estimate of drug-likeness (QED) is 0.339. The van der Waals surface area contributed by atoms with Gasteiger partial charge in [0, 0.05) is 11.9 Å². The number of rotatable bonds is 4. The number of nitrogens with one attached hydrogen (secondary N) is 1. The molecule has 6 heteroatoms. The Morgan fingerprint density at radius 2 is 2.15 bits per heavy atom. The van der Waals surface area contributed by atoms with E-state index in [0.29, 0.717) is 21.8 Å². The number of hydrogen-bond acceptors (Lipinski definition) is 5. The molecular weight excluding hydrogens is 254 g/mol. The Morgan fingerprint density at radius 3 is 3.00 bits per heavy atom. The standard InChI is InChI=1S/C14H15N5O/c1-2-3-8-15-14-17-13-10-6-4-5-7-11(10)16-9-12(13)19(20)18-14/h4-7,9H,2-3,8H2,1H3,(H,15,17,18). The minimum absolute atomic E-state index is 0.359. The summed E-state index contributed by atoms with van der Waals surface area (Å²) in [6, 6.07) is 7.63. The van der Waals surface area contributed by atoms with Gasteiger partial charge in [0.15, 0.2) is 5.52 Å². The average Bonchev–Trinajstić information content (AvgIpc) is 2.47. The topological polar surface area (TPSA) is 77.6 Å². The molecular formula is C14H15N5O. The van der Waals surface area contributed by atoms with Crippen molar-refractivity contribution in [1.82, 2.24) is 15.1 Å². The molecule has 3 rings (SSSR count). The predicted molar refractivity (Wildman–Crippen MR) is 77.2 cm³/mol. The summed E-state index contributed by atoms with van der Waals surface area (Å²) < 4.78 is 0.